The highest BCUT2D eigenvalue weighted by molar-refractivity contribution is 6.23. The number of piperidine rings is 1. The lowest BCUT2D eigenvalue weighted by molar-refractivity contribution is -0.136. The number of rotatable bonds is 7. The minimum Gasteiger partial charge on any atom is -0.491 e. The first-order valence-corrected chi connectivity index (χ1v) is 10.4. The molecule has 3 heterocycles. The van der Waals surface area contributed by atoms with E-state index in [0.29, 0.717) is 11.6 Å². The highest BCUT2D eigenvalue weighted by atomic mass is 35.5. The highest BCUT2D eigenvalue weighted by Crippen LogP contribution is 2.30. The van der Waals surface area contributed by atoms with Crippen molar-refractivity contribution in [3.8, 4) is 5.75 Å². The molecule has 2 unspecified atom stereocenters. The quantitative estimate of drug-likeness (QED) is 0.457. The standard InChI is InChI=1S/C20H22ClN3O6/c21-5-6-23-8-11(9-23)16(25)10-30-12-1-2-13-14(7-12)20(29)24(19(13)28)15-3-4-17(26)22-18(15)27/h1-2,7,11,15-16,25H,3-6,8-10H2,(H,22,26,27). The van der Waals surface area contributed by atoms with Gasteiger partial charge >= 0.3 is 0 Å². The lowest BCUT2D eigenvalue weighted by Gasteiger charge is -2.41. The SMILES string of the molecule is O=C1CCC(N2C(=O)c3ccc(OCC(O)C4CN(CCCl)C4)cc3C2=O)C(=O)N1. The van der Waals surface area contributed by atoms with Gasteiger partial charge < -0.3 is 14.7 Å². The Morgan fingerprint density at radius 2 is 1.90 bits per heavy atom. The Balaban J connectivity index is 1.40. The van der Waals surface area contributed by atoms with E-state index in [-0.39, 0.29) is 36.5 Å². The molecule has 30 heavy (non-hydrogen) atoms. The topological polar surface area (TPSA) is 116 Å². The number of nitrogens with one attached hydrogen (secondary N) is 1. The number of carbonyl (C=O) groups is 4. The molecule has 0 bridgehead atoms. The van der Waals surface area contributed by atoms with Crippen LogP contribution in [0.3, 0.4) is 0 Å². The van der Waals surface area contributed by atoms with Crippen molar-refractivity contribution in [3.05, 3.63) is 29.3 Å². The normalized spacial score (nSPS) is 23.3. The van der Waals surface area contributed by atoms with Crippen molar-refractivity contribution in [2.24, 2.45) is 5.92 Å². The van der Waals surface area contributed by atoms with Gasteiger partial charge in [0, 0.05) is 37.9 Å². The fraction of sp³-hybridized carbons (Fsp3) is 0.500. The molecule has 0 aliphatic carbocycles. The first-order valence-electron chi connectivity index (χ1n) is 9.84. The average molecular weight is 436 g/mol. The molecule has 1 aromatic carbocycles. The summed E-state index contributed by atoms with van der Waals surface area (Å²) < 4.78 is 5.64. The molecule has 3 aliphatic rings. The van der Waals surface area contributed by atoms with Crippen LogP contribution in [0.1, 0.15) is 33.6 Å². The number of aliphatic hydroxyl groups is 1. The van der Waals surface area contributed by atoms with Crippen molar-refractivity contribution >= 4 is 35.2 Å². The number of likely N-dealkylation sites (tertiary alicyclic amines) is 1. The number of aliphatic hydroxyl groups excluding tert-OH is 1. The fourth-order valence-corrected chi connectivity index (χ4v) is 4.25. The molecule has 9 nitrogen and oxygen atoms in total. The van der Waals surface area contributed by atoms with Gasteiger partial charge in [0.15, 0.2) is 0 Å². The molecule has 10 heteroatoms. The largest absolute Gasteiger partial charge is 0.491 e. The van der Waals surface area contributed by atoms with Crippen molar-refractivity contribution in [2.45, 2.75) is 25.0 Å². The van der Waals surface area contributed by atoms with Gasteiger partial charge in [0.05, 0.1) is 17.2 Å². The van der Waals surface area contributed by atoms with Gasteiger partial charge in [-0.05, 0) is 24.6 Å². The molecule has 0 radical (unpaired) electrons. The van der Waals surface area contributed by atoms with E-state index in [0.717, 1.165) is 24.5 Å². The van der Waals surface area contributed by atoms with Crippen LogP contribution >= 0.6 is 11.6 Å². The third-order valence-electron chi connectivity index (χ3n) is 5.76. The number of benzene rings is 1. The Bertz CT molecular complexity index is 901. The van der Waals surface area contributed by atoms with Gasteiger partial charge in [-0.25, -0.2) is 0 Å². The predicted octanol–water partition coefficient (Wildman–Crippen LogP) is -0.00190. The summed E-state index contributed by atoms with van der Waals surface area (Å²) in [7, 11) is 0. The second-order valence-corrected chi connectivity index (χ2v) is 8.12. The summed E-state index contributed by atoms with van der Waals surface area (Å²) in [5, 5.41) is 12.4. The Labute approximate surface area is 177 Å². The molecule has 160 valence electrons. The molecule has 0 spiro atoms. The van der Waals surface area contributed by atoms with Crippen LogP contribution in [0.5, 0.6) is 5.75 Å². The molecule has 2 atom stereocenters. The molecule has 2 fully saturated rings. The number of nitrogens with zero attached hydrogens (tertiary/aromatic N) is 2. The van der Waals surface area contributed by atoms with Crippen molar-refractivity contribution < 1.29 is 29.0 Å². The number of fused-ring (bicyclic) bond motifs is 1. The van der Waals surface area contributed by atoms with Crippen LogP contribution in [0, 0.1) is 5.92 Å². The van der Waals surface area contributed by atoms with E-state index < -0.39 is 35.8 Å². The number of halogens is 1. The average Bonchev–Trinajstić information content (AvgIpc) is 2.93. The van der Waals surface area contributed by atoms with Crippen LogP contribution < -0.4 is 10.1 Å². The van der Waals surface area contributed by atoms with E-state index in [1.807, 2.05) is 0 Å². The second-order valence-electron chi connectivity index (χ2n) is 7.74. The maximum Gasteiger partial charge on any atom is 0.262 e. The minimum absolute atomic E-state index is 0.0666. The van der Waals surface area contributed by atoms with Crippen molar-refractivity contribution in [3.63, 3.8) is 0 Å². The van der Waals surface area contributed by atoms with Gasteiger partial charge in [0.2, 0.25) is 11.8 Å². The number of alkyl halides is 1. The summed E-state index contributed by atoms with van der Waals surface area (Å²) in [4.78, 5) is 52.0. The Kier molecular flexibility index (Phi) is 5.77. The number of hydrogen-bond acceptors (Lipinski definition) is 7. The van der Waals surface area contributed by atoms with Gasteiger partial charge in [-0.1, -0.05) is 0 Å². The highest BCUT2D eigenvalue weighted by Gasteiger charge is 2.44. The molecule has 2 saturated heterocycles. The smallest absolute Gasteiger partial charge is 0.262 e. The second kappa shape index (κ2) is 8.33. The fourth-order valence-electron chi connectivity index (χ4n) is 4.01. The summed E-state index contributed by atoms with van der Waals surface area (Å²) >= 11 is 5.70. The summed E-state index contributed by atoms with van der Waals surface area (Å²) in [5.74, 6) is -1.21. The number of hydrogen-bond donors (Lipinski definition) is 2. The zero-order valence-electron chi connectivity index (χ0n) is 16.2. The number of carbonyl (C=O) groups excluding carboxylic acids is 4. The lowest BCUT2D eigenvalue weighted by Crippen LogP contribution is -2.54. The van der Waals surface area contributed by atoms with Crippen molar-refractivity contribution in [2.75, 3.05) is 32.1 Å². The molecule has 4 amide bonds. The minimum atomic E-state index is -1.00. The van der Waals surface area contributed by atoms with Crippen LogP contribution in [0.25, 0.3) is 0 Å². The molecule has 1 aromatic rings. The molecule has 4 rings (SSSR count). The van der Waals surface area contributed by atoms with E-state index in [9.17, 15) is 24.3 Å². The summed E-state index contributed by atoms with van der Waals surface area (Å²) in [6, 6.07) is 3.49. The van der Waals surface area contributed by atoms with Gasteiger partial charge in [-0.2, -0.15) is 0 Å². The van der Waals surface area contributed by atoms with Gasteiger partial charge in [0.1, 0.15) is 18.4 Å². The van der Waals surface area contributed by atoms with Crippen LogP contribution in [0.4, 0.5) is 0 Å². The summed E-state index contributed by atoms with van der Waals surface area (Å²) in [6.07, 6.45) is -0.477. The van der Waals surface area contributed by atoms with Gasteiger partial charge in [-0.3, -0.25) is 29.4 Å². The molecule has 2 N–H and O–H groups in total. The third kappa shape index (κ3) is 3.80. The van der Waals surface area contributed by atoms with Crippen molar-refractivity contribution in [1.29, 1.82) is 0 Å². The van der Waals surface area contributed by atoms with E-state index in [2.05, 4.69) is 10.2 Å². The van der Waals surface area contributed by atoms with E-state index in [1.54, 1.807) is 6.07 Å². The summed E-state index contributed by atoms with van der Waals surface area (Å²) in [6.45, 7) is 2.37. The molecular weight excluding hydrogens is 414 g/mol. The molecular formula is C20H22ClN3O6. The summed E-state index contributed by atoms with van der Waals surface area (Å²) in [5.41, 5.74) is 0.335. The zero-order chi connectivity index (χ0) is 21.4. The Hall–Kier alpha value is -2.49. The van der Waals surface area contributed by atoms with Gasteiger partial charge in [-0.15, -0.1) is 11.6 Å². The molecule has 0 aromatic heterocycles. The van der Waals surface area contributed by atoms with E-state index >= 15 is 0 Å². The van der Waals surface area contributed by atoms with Crippen LogP contribution in [0.2, 0.25) is 0 Å². The van der Waals surface area contributed by atoms with E-state index in [1.165, 1.54) is 12.1 Å². The Morgan fingerprint density at radius 3 is 2.60 bits per heavy atom. The monoisotopic (exact) mass is 435 g/mol. The number of ether oxygens (including phenoxy) is 1. The number of imide groups is 2. The molecule has 3 aliphatic heterocycles. The first-order chi connectivity index (χ1) is 14.4. The Morgan fingerprint density at radius 1 is 1.17 bits per heavy atom. The van der Waals surface area contributed by atoms with Gasteiger partial charge in [0.25, 0.3) is 11.8 Å². The lowest BCUT2D eigenvalue weighted by atomic mass is 9.94. The zero-order valence-corrected chi connectivity index (χ0v) is 16.9. The first kappa shape index (κ1) is 20.8. The van der Waals surface area contributed by atoms with E-state index in [4.69, 9.17) is 16.3 Å². The van der Waals surface area contributed by atoms with Crippen LogP contribution in [-0.4, -0.2) is 82.8 Å². The third-order valence-corrected chi connectivity index (χ3v) is 5.93. The van der Waals surface area contributed by atoms with Crippen LogP contribution in [0.15, 0.2) is 18.2 Å². The maximum absolute atomic E-state index is 12.8. The maximum atomic E-state index is 12.8. The van der Waals surface area contributed by atoms with Crippen LogP contribution in [-0.2, 0) is 9.59 Å². The van der Waals surface area contributed by atoms with Crippen molar-refractivity contribution in [1.82, 2.24) is 15.1 Å². The predicted molar refractivity (Wildman–Crippen MR) is 105 cm³/mol. The number of amides is 4. The molecule has 0 saturated carbocycles.